The van der Waals surface area contributed by atoms with Gasteiger partial charge in [0.2, 0.25) is 5.91 Å². The minimum Gasteiger partial charge on any atom is -0.353 e. The van der Waals surface area contributed by atoms with Gasteiger partial charge in [0, 0.05) is 30.7 Å². The Kier molecular flexibility index (Phi) is 5.84. The van der Waals surface area contributed by atoms with Crippen LogP contribution in [-0.4, -0.2) is 46.0 Å². The van der Waals surface area contributed by atoms with Crippen LogP contribution in [0.4, 0.5) is 0 Å². The van der Waals surface area contributed by atoms with Crippen molar-refractivity contribution in [3.05, 3.63) is 15.9 Å². The molecule has 2 N–H and O–H groups in total. The summed E-state index contributed by atoms with van der Waals surface area (Å²) in [4.78, 5) is 26.5. The average molecular weight is 385 g/mol. The lowest BCUT2D eigenvalue weighted by molar-refractivity contribution is -0.127. The summed E-state index contributed by atoms with van der Waals surface area (Å²) < 4.78 is 0.716. The largest absolute Gasteiger partial charge is 0.353 e. The van der Waals surface area contributed by atoms with Crippen molar-refractivity contribution in [2.24, 2.45) is 11.8 Å². The topological polar surface area (TPSA) is 78.1 Å². The number of hydrogen-bond donors (Lipinski definition) is 2. The highest BCUT2D eigenvalue weighted by Crippen LogP contribution is 2.23. The molecule has 2 amide bonds. The molecule has 1 aliphatic heterocycles. The van der Waals surface area contributed by atoms with Crippen molar-refractivity contribution in [3.8, 4) is 0 Å². The summed E-state index contributed by atoms with van der Waals surface area (Å²) in [6.45, 7) is 9.25. The maximum Gasteiger partial charge on any atom is 0.275 e. The first kappa shape index (κ1) is 18.0. The summed E-state index contributed by atoms with van der Waals surface area (Å²) in [6.07, 6.45) is 1.40. The number of aromatic nitrogens is 2. The summed E-state index contributed by atoms with van der Waals surface area (Å²) in [5.74, 6) is 0.427. The lowest BCUT2D eigenvalue weighted by Gasteiger charge is -2.32. The Bertz CT molecular complexity index is 577. The van der Waals surface area contributed by atoms with Crippen LogP contribution in [-0.2, 0) is 4.79 Å². The SMILES string of the molecule is Cc1[nH]nc(C(=O)N2CCC(C(=O)NC(C)C(C)C)CC2)c1Br. The fourth-order valence-corrected chi connectivity index (χ4v) is 2.91. The molecule has 1 saturated heterocycles. The fraction of sp³-hybridized carbons (Fsp3) is 0.688. The molecule has 2 rings (SSSR count). The monoisotopic (exact) mass is 384 g/mol. The lowest BCUT2D eigenvalue weighted by Crippen LogP contribution is -2.45. The zero-order chi connectivity index (χ0) is 17.1. The highest BCUT2D eigenvalue weighted by Gasteiger charge is 2.30. The number of piperidine rings is 1. The van der Waals surface area contributed by atoms with E-state index < -0.39 is 0 Å². The number of carbonyl (C=O) groups is 2. The summed E-state index contributed by atoms with van der Waals surface area (Å²) in [7, 11) is 0. The molecule has 0 aliphatic carbocycles. The Morgan fingerprint density at radius 2 is 1.91 bits per heavy atom. The number of nitrogens with zero attached hydrogens (tertiary/aromatic N) is 2. The van der Waals surface area contributed by atoms with E-state index in [9.17, 15) is 9.59 Å². The van der Waals surface area contributed by atoms with E-state index in [1.54, 1.807) is 4.90 Å². The Labute approximate surface area is 145 Å². The predicted molar refractivity (Wildman–Crippen MR) is 92.1 cm³/mol. The first-order valence-corrected chi connectivity index (χ1v) is 8.90. The van der Waals surface area contributed by atoms with Gasteiger partial charge < -0.3 is 10.2 Å². The molecular weight excluding hydrogens is 360 g/mol. The molecule has 128 valence electrons. The van der Waals surface area contributed by atoms with E-state index in [-0.39, 0.29) is 23.8 Å². The van der Waals surface area contributed by atoms with Crippen LogP contribution in [0.2, 0.25) is 0 Å². The number of rotatable bonds is 4. The molecule has 1 aromatic rings. The van der Waals surface area contributed by atoms with Crippen LogP contribution in [0.1, 0.15) is 49.8 Å². The normalized spacial score (nSPS) is 17.4. The van der Waals surface area contributed by atoms with Gasteiger partial charge in [0.05, 0.1) is 4.47 Å². The number of nitrogens with one attached hydrogen (secondary N) is 2. The van der Waals surface area contributed by atoms with Crippen LogP contribution < -0.4 is 5.32 Å². The zero-order valence-corrected chi connectivity index (χ0v) is 15.7. The van der Waals surface area contributed by atoms with Gasteiger partial charge in [-0.15, -0.1) is 0 Å². The molecule has 1 fully saturated rings. The van der Waals surface area contributed by atoms with Crippen LogP contribution in [0.5, 0.6) is 0 Å². The van der Waals surface area contributed by atoms with E-state index in [4.69, 9.17) is 0 Å². The van der Waals surface area contributed by atoms with Gasteiger partial charge in [-0.25, -0.2) is 0 Å². The van der Waals surface area contributed by atoms with Gasteiger partial charge in [0.25, 0.3) is 5.91 Å². The summed E-state index contributed by atoms with van der Waals surface area (Å²) >= 11 is 3.39. The van der Waals surface area contributed by atoms with Gasteiger partial charge in [-0.2, -0.15) is 5.10 Å². The molecule has 2 heterocycles. The number of aromatic amines is 1. The minimum atomic E-state index is -0.0874. The van der Waals surface area contributed by atoms with Crippen LogP contribution >= 0.6 is 15.9 Å². The lowest BCUT2D eigenvalue weighted by atomic mass is 9.94. The Hall–Kier alpha value is -1.37. The quantitative estimate of drug-likeness (QED) is 0.836. The fourth-order valence-electron chi connectivity index (χ4n) is 2.56. The van der Waals surface area contributed by atoms with E-state index in [0.29, 0.717) is 42.0 Å². The second-order valence-corrected chi connectivity index (χ2v) is 7.41. The zero-order valence-electron chi connectivity index (χ0n) is 14.1. The molecule has 1 aliphatic rings. The van der Waals surface area contributed by atoms with E-state index >= 15 is 0 Å². The summed E-state index contributed by atoms with van der Waals surface area (Å²) in [5.41, 5.74) is 1.25. The maximum atomic E-state index is 12.5. The summed E-state index contributed by atoms with van der Waals surface area (Å²) in [5, 5.41) is 9.94. The smallest absolute Gasteiger partial charge is 0.275 e. The van der Waals surface area contributed by atoms with E-state index in [2.05, 4.69) is 45.3 Å². The molecule has 23 heavy (non-hydrogen) atoms. The second-order valence-electron chi connectivity index (χ2n) is 6.62. The number of carbonyl (C=O) groups excluding carboxylic acids is 2. The number of H-pyrrole nitrogens is 1. The molecule has 0 saturated carbocycles. The van der Waals surface area contributed by atoms with Crippen molar-refractivity contribution < 1.29 is 9.59 Å². The Morgan fingerprint density at radius 1 is 1.30 bits per heavy atom. The van der Waals surface area contributed by atoms with Crippen molar-refractivity contribution in [2.45, 2.75) is 46.6 Å². The van der Waals surface area contributed by atoms with Crippen molar-refractivity contribution in [3.63, 3.8) is 0 Å². The van der Waals surface area contributed by atoms with Gasteiger partial charge in [-0.3, -0.25) is 14.7 Å². The standard InChI is InChI=1S/C16H25BrN4O2/c1-9(2)10(3)18-15(22)12-5-7-21(8-6-12)16(23)14-13(17)11(4)19-20-14/h9-10,12H,5-8H2,1-4H3,(H,18,22)(H,19,20). The third kappa shape index (κ3) is 4.13. The first-order chi connectivity index (χ1) is 10.8. The Balaban J connectivity index is 1.90. The van der Waals surface area contributed by atoms with E-state index in [1.807, 2.05) is 13.8 Å². The minimum absolute atomic E-state index is 0.00962. The van der Waals surface area contributed by atoms with Gasteiger partial charge in [-0.1, -0.05) is 13.8 Å². The molecule has 1 aromatic heterocycles. The van der Waals surface area contributed by atoms with Crippen molar-refractivity contribution >= 4 is 27.7 Å². The van der Waals surface area contributed by atoms with E-state index in [0.717, 1.165) is 5.69 Å². The van der Waals surface area contributed by atoms with Crippen molar-refractivity contribution in [2.75, 3.05) is 13.1 Å². The van der Waals surface area contributed by atoms with Gasteiger partial charge >= 0.3 is 0 Å². The molecule has 0 spiro atoms. The van der Waals surface area contributed by atoms with Crippen LogP contribution in [0.3, 0.4) is 0 Å². The number of likely N-dealkylation sites (tertiary alicyclic amines) is 1. The second kappa shape index (κ2) is 7.47. The van der Waals surface area contributed by atoms with Crippen molar-refractivity contribution in [1.82, 2.24) is 20.4 Å². The van der Waals surface area contributed by atoms with Gasteiger partial charge in [0.15, 0.2) is 5.69 Å². The number of amides is 2. The maximum absolute atomic E-state index is 12.5. The summed E-state index contributed by atoms with van der Waals surface area (Å²) in [6, 6.07) is 0.171. The molecule has 0 aromatic carbocycles. The molecule has 6 nitrogen and oxygen atoms in total. The van der Waals surface area contributed by atoms with Crippen LogP contribution in [0.25, 0.3) is 0 Å². The molecule has 7 heteroatoms. The average Bonchev–Trinajstić information content (AvgIpc) is 2.86. The molecule has 0 bridgehead atoms. The third-order valence-electron chi connectivity index (χ3n) is 4.60. The van der Waals surface area contributed by atoms with Gasteiger partial charge in [0.1, 0.15) is 0 Å². The number of halogens is 1. The van der Waals surface area contributed by atoms with Gasteiger partial charge in [-0.05, 0) is 48.5 Å². The third-order valence-corrected chi connectivity index (χ3v) is 5.57. The molecule has 0 radical (unpaired) electrons. The van der Waals surface area contributed by atoms with E-state index in [1.165, 1.54) is 0 Å². The van der Waals surface area contributed by atoms with Crippen molar-refractivity contribution in [1.29, 1.82) is 0 Å². The molecular formula is C16H25BrN4O2. The number of aryl methyl sites for hydroxylation is 1. The van der Waals surface area contributed by atoms with Crippen LogP contribution in [0, 0.1) is 18.8 Å². The highest BCUT2D eigenvalue weighted by atomic mass is 79.9. The molecule has 1 atom stereocenters. The molecule has 1 unspecified atom stereocenters. The number of hydrogen-bond acceptors (Lipinski definition) is 3. The van der Waals surface area contributed by atoms with Crippen LogP contribution in [0.15, 0.2) is 4.47 Å². The predicted octanol–water partition coefficient (Wildman–Crippen LogP) is 2.49. The first-order valence-electron chi connectivity index (χ1n) is 8.11. The Morgan fingerprint density at radius 3 is 2.39 bits per heavy atom. The highest BCUT2D eigenvalue weighted by molar-refractivity contribution is 9.10.